The Hall–Kier alpha value is -0.570. The Kier molecular flexibility index (Phi) is 3.09. The second kappa shape index (κ2) is 3.90. The van der Waals surface area contributed by atoms with Crippen LogP contribution in [-0.2, 0) is 9.53 Å². The van der Waals surface area contributed by atoms with Gasteiger partial charge in [-0.1, -0.05) is 6.92 Å². The Morgan fingerprint density at radius 3 is 2.67 bits per heavy atom. The molecule has 3 heteroatoms. The average molecular weight is 171 g/mol. The summed E-state index contributed by atoms with van der Waals surface area (Å²) in [6, 6.07) is 0.356. The molecule has 0 aliphatic carbocycles. The van der Waals surface area contributed by atoms with Crippen molar-refractivity contribution in [2.75, 3.05) is 6.61 Å². The van der Waals surface area contributed by atoms with E-state index in [0.29, 0.717) is 18.6 Å². The number of hydrogen-bond donors (Lipinski definition) is 1. The number of carbonyl (C=O) groups is 1. The molecule has 0 radical (unpaired) electrons. The van der Waals surface area contributed by atoms with E-state index in [1.165, 1.54) is 0 Å². The van der Waals surface area contributed by atoms with Crippen molar-refractivity contribution in [2.24, 2.45) is 5.92 Å². The van der Waals surface area contributed by atoms with E-state index in [4.69, 9.17) is 4.74 Å². The number of carbonyl (C=O) groups excluding carboxylic acids is 1. The van der Waals surface area contributed by atoms with Gasteiger partial charge >= 0.3 is 5.97 Å². The van der Waals surface area contributed by atoms with Gasteiger partial charge in [0.2, 0.25) is 0 Å². The van der Waals surface area contributed by atoms with Crippen LogP contribution in [0.25, 0.3) is 0 Å². The topological polar surface area (TPSA) is 38.3 Å². The molecule has 70 valence electrons. The van der Waals surface area contributed by atoms with E-state index >= 15 is 0 Å². The molecular weight excluding hydrogens is 154 g/mol. The molecular formula is C9H17NO2. The minimum absolute atomic E-state index is 0.0741. The summed E-state index contributed by atoms with van der Waals surface area (Å²) in [4.78, 5) is 11.3. The summed E-state index contributed by atoms with van der Waals surface area (Å²) in [7, 11) is 0. The summed E-state index contributed by atoms with van der Waals surface area (Å²) in [5.74, 6) is 0.466. The highest BCUT2D eigenvalue weighted by molar-refractivity contribution is 5.76. The predicted molar refractivity (Wildman–Crippen MR) is 46.8 cm³/mol. The van der Waals surface area contributed by atoms with Crippen LogP contribution < -0.4 is 5.32 Å². The van der Waals surface area contributed by atoms with Gasteiger partial charge in [0.25, 0.3) is 0 Å². The van der Waals surface area contributed by atoms with Crippen LogP contribution in [0.5, 0.6) is 0 Å². The molecule has 1 aliphatic heterocycles. The van der Waals surface area contributed by atoms with Crippen LogP contribution in [0, 0.1) is 5.92 Å². The molecule has 0 unspecified atom stereocenters. The Morgan fingerprint density at radius 2 is 2.25 bits per heavy atom. The molecule has 1 heterocycles. The number of ether oxygens (including phenoxy) is 1. The smallest absolute Gasteiger partial charge is 0.323 e. The molecule has 0 aromatic carbocycles. The summed E-state index contributed by atoms with van der Waals surface area (Å²) in [5.41, 5.74) is 0. The van der Waals surface area contributed by atoms with Crippen molar-refractivity contribution in [1.82, 2.24) is 5.32 Å². The third-order valence-electron chi connectivity index (χ3n) is 2.50. The molecule has 0 amide bonds. The lowest BCUT2D eigenvalue weighted by Gasteiger charge is -2.09. The minimum atomic E-state index is -0.103. The molecule has 1 fully saturated rings. The van der Waals surface area contributed by atoms with Crippen LogP contribution in [0.1, 0.15) is 27.2 Å². The molecule has 0 aromatic rings. The molecule has 3 atom stereocenters. The quantitative estimate of drug-likeness (QED) is 0.628. The zero-order valence-corrected chi connectivity index (χ0v) is 7.96. The van der Waals surface area contributed by atoms with Gasteiger partial charge < -0.3 is 10.1 Å². The van der Waals surface area contributed by atoms with Gasteiger partial charge in [0.1, 0.15) is 6.04 Å². The van der Waals surface area contributed by atoms with E-state index in [9.17, 15) is 4.79 Å². The maximum atomic E-state index is 11.3. The van der Waals surface area contributed by atoms with Gasteiger partial charge in [0, 0.05) is 6.04 Å². The molecule has 1 N–H and O–H groups in total. The Morgan fingerprint density at radius 1 is 1.58 bits per heavy atom. The number of rotatable bonds is 2. The van der Waals surface area contributed by atoms with Crippen LogP contribution in [0.4, 0.5) is 0 Å². The van der Waals surface area contributed by atoms with E-state index in [2.05, 4.69) is 19.2 Å². The highest BCUT2D eigenvalue weighted by Gasteiger charge is 2.32. The van der Waals surface area contributed by atoms with E-state index in [1.54, 1.807) is 0 Å². The van der Waals surface area contributed by atoms with Gasteiger partial charge in [-0.05, 0) is 26.2 Å². The third kappa shape index (κ3) is 1.97. The fourth-order valence-corrected chi connectivity index (χ4v) is 1.53. The minimum Gasteiger partial charge on any atom is -0.465 e. The third-order valence-corrected chi connectivity index (χ3v) is 2.50. The average Bonchev–Trinajstić information content (AvgIpc) is 2.33. The van der Waals surface area contributed by atoms with Gasteiger partial charge in [-0.25, -0.2) is 0 Å². The number of nitrogens with one attached hydrogen (secondary N) is 1. The van der Waals surface area contributed by atoms with Crippen molar-refractivity contribution >= 4 is 5.97 Å². The van der Waals surface area contributed by atoms with Crippen molar-refractivity contribution in [2.45, 2.75) is 39.3 Å². The summed E-state index contributed by atoms with van der Waals surface area (Å²) in [6.45, 7) is 6.56. The Bertz CT molecular complexity index is 160. The largest absolute Gasteiger partial charge is 0.465 e. The predicted octanol–water partition coefficient (Wildman–Crippen LogP) is 0.936. The zero-order chi connectivity index (χ0) is 9.14. The van der Waals surface area contributed by atoms with Gasteiger partial charge in [0.15, 0.2) is 0 Å². The molecule has 0 spiro atoms. The zero-order valence-electron chi connectivity index (χ0n) is 7.96. The van der Waals surface area contributed by atoms with Crippen LogP contribution in [0.2, 0.25) is 0 Å². The molecule has 0 aromatic heterocycles. The highest BCUT2D eigenvalue weighted by Crippen LogP contribution is 2.19. The molecule has 1 rings (SSSR count). The lowest BCUT2D eigenvalue weighted by atomic mass is 10.0. The molecule has 3 nitrogen and oxygen atoms in total. The van der Waals surface area contributed by atoms with Crippen molar-refractivity contribution in [3.05, 3.63) is 0 Å². The monoisotopic (exact) mass is 171 g/mol. The summed E-state index contributed by atoms with van der Waals surface area (Å²) < 4.78 is 4.92. The summed E-state index contributed by atoms with van der Waals surface area (Å²) in [6.07, 6.45) is 0.903. The van der Waals surface area contributed by atoms with Crippen molar-refractivity contribution < 1.29 is 9.53 Å². The SMILES string of the molecule is CCOC(=O)[C@@H]1C[C@H](C)[C@H](C)N1. The molecule has 0 saturated carbocycles. The van der Waals surface area contributed by atoms with Gasteiger partial charge in [0.05, 0.1) is 6.61 Å². The molecule has 12 heavy (non-hydrogen) atoms. The first-order chi connectivity index (χ1) is 5.65. The van der Waals surface area contributed by atoms with E-state index < -0.39 is 0 Å². The lowest BCUT2D eigenvalue weighted by molar-refractivity contribution is -0.145. The summed E-state index contributed by atoms with van der Waals surface area (Å²) >= 11 is 0. The lowest BCUT2D eigenvalue weighted by Crippen LogP contribution is -2.35. The van der Waals surface area contributed by atoms with E-state index in [-0.39, 0.29) is 12.0 Å². The standard InChI is InChI=1S/C9H17NO2/c1-4-12-9(11)8-5-6(2)7(3)10-8/h6-8,10H,4-5H2,1-3H3/t6-,7-,8-/m0/s1. The highest BCUT2D eigenvalue weighted by atomic mass is 16.5. The van der Waals surface area contributed by atoms with Crippen LogP contribution in [0.3, 0.4) is 0 Å². The maximum Gasteiger partial charge on any atom is 0.323 e. The van der Waals surface area contributed by atoms with Crippen molar-refractivity contribution in [3.63, 3.8) is 0 Å². The van der Waals surface area contributed by atoms with Crippen molar-refractivity contribution in [3.8, 4) is 0 Å². The van der Waals surface area contributed by atoms with Gasteiger partial charge in [-0.2, -0.15) is 0 Å². The van der Waals surface area contributed by atoms with E-state index in [0.717, 1.165) is 6.42 Å². The molecule has 1 saturated heterocycles. The van der Waals surface area contributed by atoms with E-state index in [1.807, 2.05) is 6.92 Å². The van der Waals surface area contributed by atoms with Crippen LogP contribution in [0.15, 0.2) is 0 Å². The van der Waals surface area contributed by atoms with Crippen LogP contribution >= 0.6 is 0 Å². The number of hydrogen-bond acceptors (Lipinski definition) is 3. The maximum absolute atomic E-state index is 11.3. The van der Waals surface area contributed by atoms with Gasteiger partial charge in [-0.3, -0.25) is 4.79 Å². The van der Waals surface area contributed by atoms with Crippen LogP contribution in [-0.4, -0.2) is 24.7 Å². The molecule has 0 bridgehead atoms. The molecule has 1 aliphatic rings. The first kappa shape index (κ1) is 9.52. The summed E-state index contributed by atoms with van der Waals surface area (Å²) in [5, 5.41) is 3.21. The second-order valence-electron chi connectivity index (χ2n) is 3.47. The first-order valence-electron chi connectivity index (χ1n) is 4.57. The normalized spacial score (nSPS) is 35.1. The second-order valence-corrected chi connectivity index (χ2v) is 3.47. The Balaban J connectivity index is 2.40. The van der Waals surface area contributed by atoms with Crippen molar-refractivity contribution in [1.29, 1.82) is 0 Å². The fourth-order valence-electron chi connectivity index (χ4n) is 1.53. The first-order valence-corrected chi connectivity index (χ1v) is 4.57. The Labute approximate surface area is 73.5 Å². The number of esters is 1. The van der Waals surface area contributed by atoms with Gasteiger partial charge in [-0.15, -0.1) is 0 Å². The fraction of sp³-hybridized carbons (Fsp3) is 0.889.